The van der Waals surface area contributed by atoms with Crippen LogP contribution in [0.4, 0.5) is 4.79 Å². The van der Waals surface area contributed by atoms with Crippen molar-refractivity contribution in [3.63, 3.8) is 0 Å². The van der Waals surface area contributed by atoms with Gasteiger partial charge in [-0.1, -0.05) is 30.0 Å². The standard InChI is InChI=1S/C18H18N4O3S2/c1-2-22-16(24)13-7-3-4-8-14(13)20-18(22)27-11-15(23)21-17(25)19-10-12-6-5-9-26-12/h3-9H,2,10-11H2,1H3,(H2,19,21,23,25). The lowest BCUT2D eigenvalue weighted by atomic mass is 10.2. The summed E-state index contributed by atoms with van der Waals surface area (Å²) in [6.45, 7) is 2.66. The maximum absolute atomic E-state index is 12.5. The van der Waals surface area contributed by atoms with Crippen LogP contribution in [0, 0.1) is 0 Å². The van der Waals surface area contributed by atoms with Crippen LogP contribution in [0.1, 0.15) is 11.8 Å². The number of carbonyl (C=O) groups excluding carboxylic acids is 2. The third-order valence-corrected chi connectivity index (χ3v) is 5.58. The normalized spacial score (nSPS) is 10.7. The molecule has 0 bridgehead atoms. The lowest BCUT2D eigenvalue weighted by Crippen LogP contribution is -2.39. The monoisotopic (exact) mass is 402 g/mol. The van der Waals surface area contributed by atoms with Crippen molar-refractivity contribution in [2.24, 2.45) is 0 Å². The predicted octanol–water partition coefficient (Wildman–Crippen LogP) is 2.60. The van der Waals surface area contributed by atoms with Gasteiger partial charge in [0.2, 0.25) is 5.91 Å². The summed E-state index contributed by atoms with van der Waals surface area (Å²) in [5.41, 5.74) is 0.448. The van der Waals surface area contributed by atoms with Crippen LogP contribution in [0.15, 0.2) is 51.7 Å². The molecular formula is C18H18N4O3S2. The van der Waals surface area contributed by atoms with Crippen molar-refractivity contribution in [2.75, 3.05) is 5.75 Å². The molecule has 9 heteroatoms. The maximum atomic E-state index is 12.5. The van der Waals surface area contributed by atoms with Crippen molar-refractivity contribution in [2.45, 2.75) is 25.2 Å². The zero-order valence-corrected chi connectivity index (χ0v) is 16.2. The number of nitrogens with one attached hydrogen (secondary N) is 2. The van der Waals surface area contributed by atoms with Crippen LogP contribution in [0.2, 0.25) is 0 Å². The number of hydrogen-bond donors (Lipinski definition) is 2. The Hall–Kier alpha value is -2.65. The number of fused-ring (bicyclic) bond motifs is 1. The lowest BCUT2D eigenvalue weighted by molar-refractivity contribution is -0.117. The summed E-state index contributed by atoms with van der Waals surface area (Å²) in [7, 11) is 0. The van der Waals surface area contributed by atoms with Crippen molar-refractivity contribution in [3.05, 3.63) is 57.0 Å². The van der Waals surface area contributed by atoms with Crippen LogP contribution in [0.5, 0.6) is 0 Å². The predicted molar refractivity (Wildman–Crippen MR) is 107 cm³/mol. The fraction of sp³-hybridized carbons (Fsp3) is 0.222. The average molecular weight is 403 g/mol. The molecule has 1 aromatic carbocycles. The third-order valence-electron chi connectivity index (χ3n) is 3.73. The summed E-state index contributed by atoms with van der Waals surface area (Å²) in [6, 6.07) is 10.3. The molecule has 0 radical (unpaired) electrons. The van der Waals surface area contributed by atoms with Gasteiger partial charge < -0.3 is 5.32 Å². The summed E-state index contributed by atoms with van der Waals surface area (Å²) >= 11 is 2.65. The van der Waals surface area contributed by atoms with Crippen molar-refractivity contribution in [3.8, 4) is 0 Å². The van der Waals surface area contributed by atoms with Crippen LogP contribution >= 0.6 is 23.1 Å². The number of thiophene rings is 1. The van der Waals surface area contributed by atoms with E-state index in [1.54, 1.807) is 18.2 Å². The van der Waals surface area contributed by atoms with Crippen molar-refractivity contribution >= 4 is 45.9 Å². The van der Waals surface area contributed by atoms with Crippen LogP contribution < -0.4 is 16.2 Å². The van der Waals surface area contributed by atoms with Gasteiger partial charge in [-0.25, -0.2) is 9.78 Å². The highest BCUT2D eigenvalue weighted by atomic mass is 32.2. The number of hydrogen-bond acceptors (Lipinski definition) is 6. The zero-order valence-electron chi connectivity index (χ0n) is 14.6. The molecule has 0 atom stereocenters. The molecule has 140 valence electrons. The Morgan fingerprint density at radius 3 is 2.78 bits per heavy atom. The van der Waals surface area contributed by atoms with E-state index in [4.69, 9.17) is 0 Å². The van der Waals surface area contributed by atoms with Gasteiger partial charge in [0.25, 0.3) is 5.56 Å². The Morgan fingerprint density at radius 2 is 2.04 bits per heavy atom. The molecule has 2 aromatic heterocycles. The lowest BCUT2D eigenvalue weighted by Gasteiger charge is -2.11. The molecule has 3 rings (SSSR count). The summed E-state index contributed by atoms with van der Waals surface area (Å²) in [5.74, 6) is -0.467. The molecule has 27 heavy (non-hydrogen) atoms. The molecule has 0 spiro atoms. The van der Waals surface area contributed by atoms with E-state index in [9.17, 15) is 14.4 Å². The minimum atomic E-state index is -0.548. The minimum Gasteiger partial charge on any atom is -0.333 e. The topological polar surface area (TPSA) is 93.1 Å². The highest BCUT2D eigenvalue weighted by molar-refractivity contribution is 7.99. The molecule has 2 N–H and O–H groups in total. The van der Waals surface area contributed by atoms with E-state index in [-0.39, 0.29) is 11.3 Å². The summed E-state index contributed by atoms with van der Waals surface area (Å²) in [5, 5.41) is 7.82. The van der Waals surface area contributed by atoms with Crippen LogP contribution in [0.3, 0.4) is 0 Å². The van der Waals surface area contributed by atoms with E-state index >= 15 is 0 Å². The quantitative estimate of drug-likeness (QED) is 0.488. The molecule has 0 aliphatic carbocycles. The molecule has 0 aliphatic rings. The number of aromatic nitrogens is 2. The van der Waals surface area contributed by atoms with Crippen LogP contribution in [-0.2, 0) is 17.9 Å². The van der Waals surface area contributed by atoms with E-state index in [0.717, 1.165) is 16.6 Å². The van der Waals surface area contributed by atoms with E-state index in [1.807, 2.05) is 30.5 Å². The van der Waals surface area contributed by atoms with E-state index in [1.165, 1.54) is 15.9 Å². The van der Waals surface area contributed by atoms with Gasteiger partial charge in [0.1, 0.15) is 0 Å². The number of urea groups is 1. The second kappa shape index (κ2) is 8.83. The molecule has 0 saturated carbocycles. The van der Waals surface area contributed by atoms with E-state index in [0.29, 0.717) is 29.1 Å². The third kappa shape index (κ3) is 4.75. The highest BCUT2D eigenvalue weighted by Gasteiger charge is 2.13. The number of para-hydroxylation sites is 1. The van der Waals surface area contributed by atoms with Gasteiger partial charge in [0.05, 0.1) is 23.2 Å². The maximum Gasteiger partial charge on any atom is 0.321 e. The first kappa shape index (κ1) is 19.1. The molecule has 2 heterocycles. The van der Waals surface area contributed by atoms with Gasteiger partial charge in [-0.3, -0.25) is 19.5 Å². The Bertz CT molecular complexity index is 1020. The number of carbonyl (C=O) groups is 2. The van der Waals surface area contributed by atoms with E-state index < -0.39 is 11.9 Å². The Balaban J connectivity index is 1.61. The Labute approximate surface area is 163 Å². The number of imide groups is 1. The number of nitrogens with zero attached hydrogens (tertiary/aromatic N) is 2. The van der Waals surface area contributed by atoms with Gasteiger partial charge in [-0.2, -0.15) is 0 Å². The summed E-state index contributed by atoms with van der Waals surface area (Å²) in [6.07, 6.45) is 0. The number of rotatable bonds is 6. The molecule has 7 nitrogen and oxygen atoms in total. The van der Waals surface area contributed by atoms with Crippen LogP contribution in [0.25, 0.3) is 10.9 Å². The number of amides is 3. The molecule has 3 aromatic rings. The Morgan fingerprint density at radius 1 is 1.22 bits per heavy atom. The molecule has 0 unspecified atom stereocenters. The summed E-state index contributed by atoms with van der Waals surface area (Å²) in [4.78, 5) is 41.8. The van der Waals surface area contributed by atoms with Crippen LogP contribution in [-0.4, -0.2) is 27.2 Å². The first-order valence-electron chi connectivity index (χ1n) is 8.31. The SMILES string of the molecule is CCn1c(SCC(=O)NC(=O)NCc2cccs2)nc2ccccc2c1=O. The van der Waals surface area contributed by atoms with Crippen molar-refractivity contribution in [1.29, 1.82) is 0 Å². The van der Waals surface area contributed by atoms with Gasteiger partial charge >= 0.3 is 6.03 Å². The van der Waals surface area contributed by atoms with Crippen molar-refractivity contribution in [1.82, 2.24) is 20.2 Å². The molecule has 0 aliphatic heterocycles. The molecular weight excluding hydrogens is 384 g/mol. The highest BCUT2D eigenvalue weighted by Crippen LogP contribution is 2.17. The summed E-state index contributed by atoms with van der Waals surface area (Å²) < 4.78 is 1.52. The first-order chi connectivity index (χ1) is 13.1. The minimum absolute atomic E-state index is 0.0167. The fourth-order valence-corrected chi connectivity index (χ4v) is 3.96. The van der Waals surface area contributed by atoms with E-state index in [2.05, 4.69) is 15.6 Å². The van der Waals surface area contributed by atoms with Crippen molar-refractivity contribution < 1.29 is 9.59 Å². The second-order valence-electron chi connectivity index (χ2n) is 5.56. The average Bonchev–Trinajstić information content (AvgIpc) is 3.18. The second-order valence-corrected chi connectivity index (χ2v) is 7.53. The number of thioether (sulfide) groups is 1. The molecule has 0 saturated heterocycles. The molecule has 0 fully saturated rings. The number of benzene rings is 1. The van der Waals surface area contributed by atoms with Gasteiger partial charge in [0.15, 0.2) is 5.16 Å². The Kier molecular flexibility index (Phi) is 6.25. The zero-order chi connectivity index (χ0) is 19.2. The van der Waals surface area contributed by atoms with Gasteiger partial charge in [0, 0.05) is 11.4 Å². The molecule has 3 amide bonds. The largest absolute Gasteiger partial charge is 0.333 e. The van der Waals surface area contributed by atoms with Gasteiger partial charge in [-0.15, -0.1) is 11.3 Å². The fourth-order valence-electron chi connectivity index (χ4n) is 2.45. The smallest absolute Gasteiger partial charge is 0.321 e. The first-order valence-corrected chi connectivity index (χ1v) is 10.2. The van der Waals surface area contributed by atoms with Gasteiger partial charge in [-0.05, 0) is 30.5 Å².